The van der Waals surface area contributed by atoms with Crippen LogP contribution in [0.2, 0.25) is 0 Å². The van der Waals surface area contributed by atoms with Crippen molar-refractivity contribution in [2.75, 3.05) is 11.4 Å². The Labute approximate surface area is 143 Å². The largest absolute Gasteiger partial charge is 0.308 e. The maximum atomic E-state index is 13.2. The molecule has 0 saturated heterocycles. The number of rotatable bonds is 7. The summed E-state index contributed by atoms with van der Waals surface area (Å²) in [5.74, 6) is 0.0911. The summed E-state index contributed by atoms with van der Waals surface area (Å²) in [7, 11) is 0. The molecule has 0 atom stereocenters. The van der Waals surface area contributed by atoms with E-state index in [1.165, 1.54) is 0 Å². The maximum Gasteiger partial charge on any atom is 0.259 e. The van der Waals surface area contributed by atoms with Crippen LogP contribution in [0.25, 0.3) is 0 Å². The Morgan fingerprint density at radius 2 is 1.70 bits per heavy atom. The van der Waals surface area contributed by atoms with Gasteiger partial charge in [-0.2, -0.15) is 0 Å². The van der Waals surface area contributed by atoms with Gasteiger partial charge in [-0.25, -0.2) is 0 Å². The monoisotopic (exact) mass is 327 g/mol. The van der Waals surface area contributed by atoms with Crippen molar-refractivity contribution < 1.29 is 4.79 Å². The van der Waals surface area contributed by atoms with Crippen molar-refractivity contribution in [1.29, 1.82) is 0 Å². The molecule has 0 bridgehead atoms. The van der Waals surface area contributed by atoms with Crippen LogP contribution >= 0.6 is 11.8 Å². The van der Waals surface area contributed by atoms with Crippen LogP contribution in [-0.2, 0) is 0 Å². The highest BCUT2D eigenvalue weighted by molar-refractivity contribution is 8.00. The van der Waals surface area contributed by atoms with Crippen LogP contribution < -0.4 is 4.90 Å². The van der Waals surface area contributed by atoms with E-state index >= 15 is 0 Å². The van der Waals surface area contributed by atoms with Crippen molar-refractivity contribution in [1.82, 2.24) is 0 Å². The average molecular weight is 327 g/mol. The van der Waals surface area contributed by atoms with E-state index < -0.39 is 0 Å². The van der Waals surface area contributed by atoms with Crippen molar-refractivity contribution in [3.8, 4) is 0 Å². The van der Waals surface area contributed by atoms with Gasteiger partial charge in [0.2, 0.25) is 0 Å². The lowest BCUT2D eigenvalue weighted by Crippen LogP contribution is -2.32. The van der Waals surface area contributed by atoms with Gasteiger partial charge < -0.3 is 4.90 Å². The average Bonchev–Trinajstić information content (AvgIpc) is 2.56. The molecule has 0 aromatic heterocycles. The van der Waals surface area contributed by atoms with E-state index in [0.717, 1.165) is 35.5 Å². The van der Waals surface area contributed by atoms with Gasteiger partial charge in [-0.3, -0.25) is 4.79 Å². The Hall–Kier alpha value is -1.74. The summed E-state index contributed by atoms with van der Waals surface area (Å²) in [6.45, 7) is 7.20. The molecule has 0 unspecified atom stereocenters. The number of benzene rings is 2. The first-order valence-corrected chi connectivity index (χ1v) is 9.14. The molecule has 23 heavy (non-hydrogen) atoms. The Morgan fingerprint density at radius 3 is 2.35 bits per heavy atom. The topological polar surface area (TPSA) is 20.3 Å². The molecular weight excluding hydrogens is 302 g/mol. The Kier molecular flexibility index (Phi) is 6.72. The van der Waals surface area contributed by atoms with Crippen LogP contribution in [0, 0.1) is 0 Å². The first kappa shape index (κ1) is 17.6. The standard InChI is InChI=1S/C20H25NOS/c1-4-5-15-21(17-11-7-6-8-12-17)20(22)18-13-9-10-14-19(18)23-16(2)3/h6-14,16H,4-5,15H2,1-3H3. The SMILES string of the molecule is CCCCN(C(=O)c1ccccc1SC(C)C)c1ccccc1. The fourth-order valence-electron chi connectivity index (χ4n) is 2.42. The number of para-hydroxylation sites is 1. The molecule has 0 aliphatic carbocycles. The molecule has 2 aromatic carbocycles. The molecule has 2 rings (SSSR count). The molecule has 0 fully saturated rings. The predicted molar refractivity (Wildman–Crippen MR) is 100 cm³/mol. The molecule has 1 amide bonds. The van der Waals surface area contributed by atoms with Gasteiger partial charge in [-0.15, -0.1) is 11.8 Å². The van der Waals surface area contributed by atoms with Gasteiger partial charge >= 0.3 is 0 Å². The van der Waals surface area contributed by atoms with E-state index in [1.807, 2.05) is 59.5 Å². The van der Waals surface area contributed by atoms with Gasteiger partial charge in [0.15, 0.2) is 0 Å². The number of amides is 1. The van der Waals surface area contributed by atoms with Crippen LogP contribution in [-0.4, -0.2) is 17.7 Å². The molecular formula is C20H25NOS. The summed E-state index contributed by atoms with van der Waals surface area (Å²) >= 11 is 1.74. The highest BCUT2D eigenvalue weighted by Crippen LogP contribution is 2.28. The maximum absolute atomic E-state index is 13.2. The molecule has 0 spiro atoms. The van der Waals surface area contributed by atoms with Crippen LogP contribution in [0.3, 0.4) is 0 Å². The van der Waals surface area contributed by atoms with E-state index in [4.69, 9.17) is 0 Å². The quantitative estimate of drug-likeness (QED) is 0.614. The fraction of sp³-hybridized carbons (Fsp3) is 0.350. The molecule has 2 aromatic rings. The molecule has 0 N–H and O–H groups in total. The van der Waals surface area contributed by atoms with Gasteiger partial charge in [-0.1, -0.05) is 57.5 Å². The summed E-state index contributed by atoms with van der Waals surface area (Å²) in [4.78, 5) is 16.1. The van der Waals surface area contributed by atoms with E-state index in [1.54, 1.807) is 11.8 Å². The number of thioether (sulfide) groups is 1. The normalized spacial score (nSPS) is 10.8. The first-order valence-electron chi connectivity index (χ1n) is 8.26. The van der Waals surface area contributed by atoms with Crippen molar-refractivity contribution in [3.05, 3.63) is 60.2 Å². The van der Waals surface area contributed by atoms with E-state index in [-0.39, 0.29) is 5.91 Å². The molecule has 3 heteroatoms. The third kappa shape index (κ3) is 4.87. The molecule has 122 valence electrons. The van der Waals surface area contributed by atoms with Crippen molar-refractivity contribution >= 4 is 23.4 Å². The van der Waals surface area contributed by atoms with Gasteiger partial charge in [0.1, 0.15) is 0 Å². The predicted octanol–water partition coefficient (Wildman–Crippen LogP) is 5.63. The minimum Gasteiger partial charge on any atom is -0.308 e. The fourth-order valence-corrected chi connectivity index (χ4v) is 3.36. The molecule has 0 aliphatic rings. The van der Waals surface area contributed by atoms with Gasteiger partial charge in [0.25, 0.3) is 5.91 Å². The number of hydrogen-bond donors (Lipinski definition) is 0. The lowest BCUT2D eigenvalue weighted by atomic mass is 10.1. The first-order chi connectivity index (χ1) is 11.1. The number of carbonyl (C=O) groups is 1. The molecule has 2 nitrogen and oxygen atoms in total. The van der Waals surface area contributed by atoms with Crippen LogP contribution in [0.5, 0.6) is 0 Å². The number of hydrogen-bond acceptors (Lipinski definition) is 2. The van der Waals surface area contributed by atoms with Gasteiger partial charge in [0, 0.05) is 22.4 Å². The number of nitrogens with zero attached hydrogens (tertiary/aromatic N) is 1. The second-order valence-electron chi connectivity index (χ2n) is 5.81. The Morgan fingerprint density at radius 1 is 1.04 bits per heavy atom. The van der Waals surface area contributed by atoms with Crippen LogP contribution in [0.1, 0.15) is 44.0 Å². The molecule has 0 heterocycles. The van der Waals surface area contributed by atoms with Crippen LogP contribution in [0.15, 0.2) is 59.5 Å². The zero-order valence-corrected chi connectivity index (χ0v) is 15.0. The second kappa shape index (κ2) is 8.78. The van der Waals surface area contributed by atoms with E-state index in [9.17, 15) is 4.79 Å². The van der Waals surface area contributed by atoms with Crippen LogP contribution in [0.4, 0.5) is 5.69 Å². The van der Waals surface area contributed by atoms with Gasteiger partial charge in [0.05, 0.1) is 5.56 Å². The lowest BCUT2D eigenvalue weighted by Gasteiger charge is -2.24. The van der Waals surface area contributed by atoms with Gasteiger partial charge in [-0.05, 0) is 30.7 Å². The molecule has 0 radical (unpaired) electrons. The second-order valence-corrected chi connectivity index (χ2v) is 7.43. The summed E-state index contributed by atoms with van der Waals surface area (Å²) in [5.41, 5.74) is 1.77. The Bertz CT molecular complexity index is 625. The zero-order valence-electron chi connectivity index (χ0n) is 14.2. The van der Waals surface area contributed by atoms with Crippen molar-refractivity contribution in [3.63, 3.8) is 0 Å². The molecule has 0 aliphatic heterocycles. The highest BCUT2D eigenvalue weighted by atomic mass is 32.2. The summed E-state index contributed by atoms with van der Waals surface area (Å²) in [6, 6.07) is 17.9. The number of carbonyl (C=O) groups excluding carboxylic acids is 1. The summed E-state index contributed by atoms with van der Waals surface area (Å²) in [5, 5.41) is 0.449. The smallest absolute Gasteiger partial charge is 0.259 e. The van der Waals surface area contributed by atoms with E-state index in [2.05, 4.69) is 20.8 Å². The number of anilines is 1. The third-order valence-electron chi connectivity index (χ3n) is 3.53. The zero-order chi connectivity index (χ0) is 16.7. The van der Waals surface area contributed by atoms with E-state index in [0.29, 0.717) is 5.25 Å². The third-order valence-corrected chi connectivity index (χ3v) is 4.61. The molecule has 0 saturated carbocycles. The minimum atomic E-state index is 0.0911. The highest BCUT2D eigenvalue weighted by Gasteiger charge is 2.20. The number of unbranched alkanes of at least 4 members (excludes halogenated alkanes) is 1. The summed E-state index contributed by atoms with van der Waals surface area (Å²) in [6.07, 6.45) is 2.07. The van der Waals surface area contributed by atoms with Crippen molar-refractivity contribution in [2.45, 2.75) is 43.8 Å². The van der Waals surface area contributed by atoms with Crippen molar-refractivity contribution in [2.24, 2.45) is 0 Å². The Balaban J connectivity index is 2.34. The lowest BCUT2D eigenvalue weighted by molar-refractivity contribution is 0.0984. The summed E-state index contributed by atoms with van der Waals surface area (Å²) < 4.78 is 0. The minimum absolute atomic E-state index is 0.0911.